The van der Waals surface area contributed by atoms with Crippen LogP contribution in [0.3, 0.4) is 0 Å². The molecule has 25 heavy (non-hydrogen) atoms. The number of fused-ring (bicyclic) bond motifs is 1. The first kappa shape index (κ1) is 17.4. The minimum atomic E-state index is -1.18. The molecule has 2 aromatic heterocycles. The van der Waals surface area contributed by atoms with Gasteiger partial charge in [0.05, 0.1) is 17.8 Å². The summed E-state index contributed by atoms with van der Waals surface area (Å²) in [5, 5.41) is 20.6. The molecule has 7 nitrogen and oxygen atoms in total. The number of halogens is 2. The molecule has 0 radical (unpaired) electrons. The lowest BCUT2D eigenvalue weighted by atomic mass is 10.1. The first-order valence-corrected chi connectivity index (χ1v) is 8.19. The van der Waals surface area contributed by atoms with Gasteiger partial charge >= 0.3 is 11.7 Å². The van der Waals surface area contributed by atoms with Gasteiger partial charge in [0, 0.05) is 27.5 Å². The molecule has 0 saturated carbocycles. The number of nitrogens with one attached hydrogen (secondary N) is 1. The number of aromatic hydroxyl groups is 1. The van der Waals surface area contributed by atoms with E-state index in [1.54, 1.807) is 19.9 Å². The van der Waals surface area contributed by atoms with Gasteiger partial charge in [0.15, 0.2) is 0 Å². The van der Waals surface area contributed by atoms with Crippen molar-refractivity contribution in [3.05, 3.63) is 50.1 Å². The van der Waals surface area contributed by atoms with Crippen LogP contribution in [-0.4, -0.2) is 30.3 Å². The molecule has 0 unspecified atom stereocenters. The lowest BCUT2D eigenvalue weighted by Crippen LogP contribution is -2.26. The summed E-state index contributed by atoms with van der Waals surface area (Å²) in [6.45, 7) is 3.46. The van der Waals surface area contributed by atoms with E-state index in [9.17, 15) is 19.8 Å². The Kier molecular flexibility index (Phi) is 4.30. The number of carboxylic acids is 1. The summed E-state index contributed by atoms with van der Waals surface area (Å²) in [6.07, 6.45) is 1.27. The van der Waals surface area contributed by atoms with Crippen LogP contribution in [0.4, 0.5) is 0 Å². The Labute approximate surface area is 152 Å². The van der Waals surface area contributed by atoms with Gasteiger partial charge in [-0.15, -0.1) is 0 Å². The van der Waals surface area contributed by atoms with Crippen molar-refractivity contribution in [3.8, 4) is 5.88 Å². The van der Waals surface area contributed by atoms with Crippen molar-refractivity contribution in [2.75, 3.05) is 0 Å². The maximum absolute atomic E-state index is 12.5. The number of hydrogen-bond donors (Lipinski definition) is 3. The molecule has 0 aliphatic carbocycles. The molecule has 0 aliphatic rings. The van der Waals surface area contributed by atoms with Gasteiger partial charge in [0.25, 0.3) is 0 Å². The normalized spacial score (nSPS) is 11.6. The summed E-state index contributed by atoms with van der Waals surface area (Å²) in [7, 11) is 0. The fourth-order valence-corrected chi connectivity index (χ4v) is 3.52. The van der Waals surface area contributed by atoms with E-state index in [2.05, 4.69) is 4.98 Å². The number of hydrogen-bond acceptors (Lipinski definition) is 3. The predicted molar refractivity (Wildman–Crippen MR) is 95.1 cm³/mol. The van der Waals surface area contributed by atoms with Crippen LogP contribution >= 0.6 is 23.2 Å². The zero-order chi connectivity index (χ0) is 18.5. The summed E-state index contributed by atoms with van der Waals surface area (Å²) in [5.74, 6) is -1.37. The average Bonchev–Trinajstić information content (AvgIpc) is 2.97. The zero-order valence-corrected chi connectivity index (χ0v) is 14.9. The van der Waals surface area contributed by atoms with E-state index in [0.717, 1.165) is 0 Å². The Balaban J connectivity index is 2.23. The lowest BCUT2D eigenvalue weighted by molar-refractivity contribution is 0.0690. The maximum atomic E-state index is 12.5. The van der Waals surface area contributed by atoms with Crippen LogP contribution in [0, 0.1) is 0 Å². The highest BCUT2D eigenvalue weighted by atomic mass is 35.5. The zero-order valence-electron chi connectivity index (χ0n) is 13.4. The first-order valence-electron chi connectivity index (χ1n) is 7.44. The summed E-state index contributed by atoms with van der Waals surface area (Å²) < 4.78 is 2.46. The number of aromatic carboxylic acids is 1. The van der Waals surface area contributed by atoms with Crippen molar-refractivity contribution in [2.45, 2.75) is 26.4 Å². The number of rotatable bonds is 4. The number of aromatic nitrogens is 3. The Morgan fingerprint density at radius 3 is 2.56 bits per heavy atom. The number of nitrogens with zero attached hydrogens (tertiary/aromatic N) is 2. The minimum absolute atomic E-state index is 0.0604. The Morgan fingerprint density at radius 1 is 1.32 bits per heavy atom. The fraction of sp³-hybridized carbons (Fsp3) is 0.250. The number of imidazole rings is 1. The summed E-state index contributed by atoms with van der Waals surface area (Å²) in [5.41, 5.74) is 0.281. The highest BCUT2D eigenvalue weighted by molar-refractivity contribution is 6.39. The van der Waals surface area contributed by atoms with E-state index in [0.29, 0.717) is 21.5 Å². The predicted octanol–water partition coefficient (Wildman–Crippen LogP) is 3.47. The molecule has 0 aliphatic heterocycles. The summed E-state index contributed by atoms with van der Waals surface area (Å²) in [4.78, 5) is 26.8. The van der Waals surface area contributed by atoms with Crippen molar-refractivity contribution in [1.82, 2.24) is 14.1 Å². The fourth-order valence-electron chi connectivity index (χ4n) is 2.92. The second kappa shape index (κ2) is 6.16. The van der Waals surface area contributed by atoms with Crippen LogP contribution < -0.4 is 5.69 Å². The van der Waals surface area contributed by atoms with Gasteiger partial charge in [-0.2, -0.15) is 0 Å². The molecule has 0 spiro atoms. The Morgan fingerprint density at radius 2 is 2.00 bits per heavy atom. The van der Waals surface area contributed by atoms with Crippen molar-refractivity contribution < 1.29 is 15.0 Å². The van der Waals surface area contributed by atoms with E-state index >= 15 is 0 Å². The highest BCUT2D eigenvalue weighted by Gasteiger charge is 2.22. The van der Waals surface area contributed by atoms with Crippen LogP contribution in [0.25, 0.3) is 10.9 Å². The number of H-pyrrole nitrogens is 1. The third-order valence-corrected chi connectivity index (χ3v) is 4.46. The number of carbonyl (C=O) groups is 1. The molecular weight excluding hydrogens is 369 g/mol. The van der Waals surface area contributed by atoms with Gasteiger partial charge in [-0.1, -0.05) is 23.2 Å². The van der Waals surface area contributed by atoms with Crippen molar-refractivity contribution in [1.29, 1.82) is 0 Å². The number of benzene rings is 1. The van der Waals surface area contributed by atoms with Gasteiger partial charge in [-0.05, 0) is 26.0 Å². The third-order valence-electron chi connectivity index (χ3n) is 3.95. The second-order valence-electron chi connectivity index (χ2n) is 5.96. The van der Waals surface area contributed by atoms with Gasteiger partial charge < -0.3 is 15.2 Å². The Hall–Kier alpha value is -2.38. The molecule has 1 aromatic carbocycles. The smallest absolute Gasteiger partial charge is 0.352 e. The van der Waals surface area contributed by atoms with E-state index in [1.165, 1.54) is 21.4 Å². The van der Waals surface area contributed by atoms with E-state index in [1.807, 2.05) is 0 Å². The van der Waals surface area contributed by atoms with E-state index in [-0.39, 0.29) is 29.2 Å². The van der Waals surface area contributed by atoms with Crippen LogP contribution in [0.5, 0.6) is 5.88 Å². The molecular formula is C16H15Cl2N3O4. The monoisotopic (exact) mass is 383 g/mol. The van der Waals surface area contributed by atoms with Gasteiger partial charge in [-0.25, -0.2) is 9.59 Å². The number of carboxylic acid groups (broad SMARTS) is 1. The molecule has 3 aromatic rings. The standard InChI is InChI=1S/C16H15Cl2N3O4/c1-7(2)21-12(22)6-20(16(21)25)5-9-13-10(18)3-8(17)4-11(13)19-14(9)15(23)24/h3-4,6-7,19,22H,5H2,1-2H3,(H,23,24). The molecule has 2 heterocycles. The average molecular weight is 384 g/mol. The van der Waals surface area contributed by atoms with Crippen LogP contribution in [0.1, 0.15) is 35.9 Å². The molecule has 0 bridgehead atoms. The maximum Gasteiger partial charge on any atom is 0.352 e. The molecule has 0 fully saturated rings. The Bertz CT molecular complexity index is 1050. The molecule has 9 heteroatoms. The largest absolute Gasteiger partial charge is 0.493 e. The molecule has 132 valence electrons. The molecule has 0 amide bonds. The van der Waals surface area contributed by atoms with Gasteiger partial charge in [0.2, 0.25) is 5.88 Å². The van der Waals surface area contributed by atoms with Crippen molar-refractivity contribution >= 4 is 40.1 Å². The SMILES string of the molecule is CC(C)n1c(O)cn(Cc2c(C(=O)O)[nH]c3cc(Cl)cc(Cl)c23)c1=O. The molecule has 0 saturated heterocycles. The molecule has 3 rings (SSSR count). The van der Waals surface area contributed by atoms with Crippen molar-refractivity contribution in [2.24, 2.45) is 0 Å². The quantitative estimate of drug-likeness (QED) is 0.641. The highest BCUT2D eigenvalue weighted by Crippen LogP contribution is 2.33. The van der Waals surface area contributed by atoms with E-state index < -0.39 is 11.7 Å². The van der Waals surface area contributed by atoms with E-state index in [4.69, 9.17) is 23.2 Å². The lowest BCUT2D eigenvalue weighted by Gasteiger charge is -2.06. The minimum Gasteiger partial charge on any atom is -0.493 e. The van der Waals surface area contributed by atoms with Gasteiger partial charge in [-0.3, -0.25) is 9.13 Å². The number of aromatic amines is 1. The molecule has 0 atom stereocenters. The van der Waals surface area contributed by atoms with Crippen LogP contribution in [-0.2, 0) is 6.54 Å². The van der Waals surface area contributed by atoms with Crippen LogP contribution in [0.2, 0.25) is 10.0 Å². The van der Waals surface area contributed by atoms with Crippen molar-refractivity contribution in [3.63, 3.8) is 0 Å². The second-order valence-corrected chi connectivity index (χ2v) is 6.80. The first-order chi connectivity index (χ1) is 11.7. The topological polar surface area (TPSA) is 100 Å². The van der Waals surface area contributed by atoms with Crippen LogP contribution in [0.15, 0.2) is 23.1 Å². The molecule has 3 N–H and O–H groups in total. The summed E-state index contributed by atoms with van der Waals surface area (Å²) in [6, 6.07) is 2.84. The van der Waals surface area contributed by atoms with Gasteiger partial charge in [0.1, 0.15) is 5.69 Å². The summed E-state index contributed by atoms with van der Waals surface area (Å²) >= 11 is 12.2. The third kappa shape index (κ3) is 2.89.